The first kappa shape index (κ1) is 13.4. The number of nitrogens with one attached hydrogen (secondary N) is 1. The van der Waals surface area contributed by atoms with Crippen molar-refractivity contribution in [1.82, 2.24) is 9.55 Å². The summed E-state index contributed by atoms with van der Waals surface area (Å²) in [7, 11) is 0. The molecule has 0 aliphatic heterocycles. The lowest BCUT2D eigenvalue weighted by molar-refractivity contribution is -0.114. The molecule has 0 saturated heterocycles. The topological polar surface area (TPSA) is 46.9 Å². The molecule has 4 heteroatoms. The number of carbonyl (C=O) groups is 1. The highest BCUT2D eigenvalue weighted by Crippen LogP contribution is 2.23. The Morgan fingerprint density at radius 3 is 2.67 bits per heavy atom. The highest BCUT2D eigenvalue weighted by atomic mass is 16.1. The summed E-state index contributed by atoms with van der Waals surface area (Å²) in [6.07, 6.45) is 1.82. The fourth-order valence-corrected chi connectivity index (χ4v) is 2.51. The lowest BCUT2D eigenvalue weighted by Crippen LogP contribution is -2.06. The molecule has 0 spiro atoms. The molecule has 0 aliphatic rings. The second kappa shape index (κ2) is 5.05. The first-order valence-corrected chi connectivity index (χ1v) is 6.86. The predicted octanol–water partition coefficient (Wildman–Crippen LogP) is 3.60. The molecule has 106 valence electrons. The monoisotopic (exact) mass is 279 g/mol. The average molecular weight is 279 g/mol. The van der Waals surface area contributed by atoms with Gasteiger partial charge in [0.25, 0.3) is 0 Å². The van der Waals surface area contributed by atoms with Crippen LogP contribution >= 0.6 is 0 Å². The third-order valence-corrected chi connectivity index (χ3v) is 3.36. The molecular weight excluding hydrogens is 262 g/mol. The van der Waals surface area contributed by atoms with Crippen molar-refractivity contribution in [3.05, 3.63) is 53.9 Å². The van der Waals surface area contributed by atoms with Crippen LogP contribution in [0.5, 0.6) is 0 Å². The molecule has 0 atom stereocenters. The zero-order valence-corrected chi connectivity index (χ0v) is 12.3. The minimum absolute atomic E-state index is 0.0716. The van der Waals surface area contributed by atoms with E-state index >= 15 is 0 Å². The van der Waals surface area contributed by atoms with Gasteiger partial charge < -0.3 is 5.32 Å². The third kappa shape index (κ3) is 2.65. The Morgan fingerprint density at radius 2 is 1.90 bits per heavy atom. The van der Waals surface area contributed by atoms with Crippen molar-refractivity contribution in [1.29, 1.82) is 0 Å². The van der Waals surface area contributed by atoms with Gasteiger partial charge in [0.1, 0.15) is 6.33 Å². The summed E-state index contributed by atoms with van der Waals surface area (Å²) in [5, 5.41) is 2.83. The van der Waals surface area contributed by atoms with Crippen LogP contribution in [0.15, 0.2) is 42.7 Å². The van der Waals surface area contributed by atoms with E-state index in [0.29, 0.717) is 0 Å². The number of benzene rings is 2. The maximum absolute atomic E-state index is 11.2. The molecule has 1 N–H and O–H groups in total. The Bertz CT molecular complexity index is 833. The van der Waals surface area contributed by atoms with Gasteiger partial charge in [0, 0.05) is 18.3 Å². The summed E-state index contributed by atoms with van der Waals surface area (Å²) in [5.74, 6) is -0.0716. The van der Waals surface area contributed by atoms with Crippen molar-refractivity contribution in [3.63, 3.8) is 0 Å². The Hall–Kier alpha value is -2.62. The number of amides is 1. The molecule has 4 nitrogen and oxygen atoms in total. The standard InChI is InChI=1S/C17H17N3O/c1-11-4-5-17-16(8-11)18-10-20(17)15-7-12(2)6-14(9-15)19-13(3)21/h4-10H,1-3H3,(H,19,21). The molecule has 0 bridgehead atoms. The van der Waals surface area contributed by atoms with Gasteiger partial charge in [-0.3, -0.25) is 9.36 Å². The second-order valence-corrected chi connectivity index (χ2v) is 5.35. The van der Waals surface area contributed by atoms with E-state index < -0.39 is 0 Å². The van der Waals surface area contributed by atoms with E-state index in [2.05, 4.69) is 41.5 Å². The zero-order chi connectivity index (χ0) is 15.0. The summed E-state index contributed by atoms with van der Waals surface area (Å²) in [5.41, 5.74) is 6.09. The van der Waals surface area contributed by atoms with E-state index in [4.69, 9.17) is 0 Å². The van der Waals surface area contributed by atoms with Crippen molar-refractivity contribution in [3.8, 4) is 5.69 Å². The first-order valence-electron chi connectivity index (χ1n) is 6.86. The van der Waals surface area contributed by atoms with Crippen molar-refractivity contribution in [2.24, 2.45) is 0 Å². The van der Waals surface area contributed by atoms with Gasteiger partial charge in [0.05, 0.1) is 11.0 Å². The fourth-order valence-electron chi connectivity index (χ4n) is 2.51. The summed E-state index contributed by atoms with van der Waals surface area (Å²) in [6.45, 7) is 5.58. The molecule has 0 radical (unpaired) electrons. The number of carbonyl (C=O) groups excluding carboxylic acids is 1. The zero-order valence-electron chi connectivity index (χ0n) is 12.3. The quantitative estimate of drug-likeness (QED) is 0.779. The van der Waals surface area contributed by atoms with Crippen LogP contribution in [0, 0.1) is 13.8 Å². The number of imidazole rings is 1. The van der Waals surface area contributed by atoms with Gasteiger partial charge in [-0.05, 0) is 55.3 Å². The molecular formula is C17H17N3O. The highest BCUT2D eigenvalue weighted by Gasteiger charge is 2.07. The summed E-state index contributed by atoms with van der Waals surface area (Å²) in [6, 6.07) is 12.2. The molecule has 1 aromatic heterocycles. The van der Waals surface area contributed by atoms with E-state index in [-0.39, 0.29) is 5.91 Å². The normalized spacial score (nSPS) is 10.8. The molecule has 3 rings (SSSR count). The van der Waals surface area contributed by atoms with E-state index in [1.807, 2.05) is 30.0 Å². The number of fused-ring (bicyclic) bond motifs is 1. The molecule has 2 aromatic carbocycles. The van der Waals surface area contributed by atoms with Gasteiger partial charge in [-0.1, -0.05) is 6.07 Å². The molecule has 0 saturated carbocycles. The summed E-state index contributed by atoms with van der Waals surface area (Å²) < 4.78 is 2.03. The molecule has 0 unspecified atom stereocenters. The number of nitrogens with zero attached hydrogens (tertiary/aromatic N) is 2. The van der Waals surface area contributed by atoms with E-state index in [1.54, 1.807) is 0 Å². The maximum atomic E-state index is 11.2. The minimum atomic E-state index is -0.0716. The average Bonchev–Trinajstić information content (AvgIpc) is 2.79. The van der Waals surface area contributed by atoms with Gasteiger partial charge in [-0.25, -0.2) is 4.98 Å². The molecule has 0 aliphatic carbocycles. The van der Waals surface area contributed by atoms with Gasteiger partial charge in [0.2, 0.25) is 5.91 Å². The van der Waals surface area contributed by atoms with Crippen molar-refractivity contribution in [2.75, 3.05) is 5.32 Å². The second-order valence-electron chi connectivity index (χ2n) is 5.35. The lowest BCUT2D eigenvalue weighted by atomic mass is 10.1. The molecule has 1 amide bonds. The van der Waals surface area contributed by atoms with Gasteiger partial charge >= 0.3 is 0 Å². The minimum Gasteiger partial charge on any atom is -0.326 e. The largest absolute Gasteiger partial charge is 0.326 e. The number of aromatic nitrogens is 2. The van der Waals surface area contributed by atoms with E-state index in [9.17, 15) is 4.79 Å². The Labute approximate surface area is 123 Å². The molecule has 3 aromatic rings. The number of aryl methyl sites for hydroxylation is 2. The van der Waals surface area contributed by atoms with Gasteiger partial charge in [-0.15, -0.1) is 0 Å². The van der Waals surface area contributed by atoms with Crippen molar-refractivity contribution in [2.45, 2.75) is 20.8 Å². The maximum Gasteiger partial charge on any atom is 0.221 e. The Morgan fingerprint density at radius 1 is 1.10 bits per heavy atom. The van der Waals surface area contributed by atoms with Crippen LogP contribution in [0.2, 0.25) is 0 Å². The van der Waals surface area contributed by atoms with Crippen LogP contribution in [0.3, 0.4) is 0 Å². The van der Waals surface area contributed by atoms with E-state index in [1.165, 1.54) is 12.5 Å². The Kier molecular flexibility index (Phi) is 3.22. The van der Waals surface area contributed by atoms with Crippen LogP contribution in [-0.4, -0.2) is 15.5 Å². The van der Waals surface area contributed by atoms with Gasteiger partial charge in [-0.2, -0.15) is 0 Å². The number of anilines is 1. The molecule has 1 heterocycles. The smallest absolute Gasteiger partial charge is 0.221 e. The molecule has 21 heavy (non-hydrogen) atoms. The van der Waals surface area contributed by atoms with Crippen LogP contribution in [0.25, 0.3) is 16.7 Å². The van der Waals surface area contributed by atoms with Crippen LogP contribution in [0.4, 0.5) is 5.69 Å². The Balaban J connectivity index is 2.13. The van der Waals surface area contributed by atoms with Crippen molar-refractivity contribution < 1.29 is 4.79 Å². The summed E-state index contributed by atoms with van der Waals surface area (Å²) in [4.78, 5) is 15.7. The third-order valence-electron chi connectivity index (χ3n) is 3.36. The highest BCUT2D eigenvalue weighted by molar-refractivity contribution is 5.89. The predicted molar refractivity (Wildman–Crippen MR) is 84.8 cm³/mol. The van der Waals surface area contributed by atoms with Crippen LogP contribution in [-0.2, 0) is 4.79 Å². The van der Waals surface area contributed by atoms with Crippen LogP contribution < -0.4 is 5.32 Å². The first-order chi connectivity index (χ1) is 10.0. The number of rotatable bonds is 2. The van der Waals surface area contributed by atoms with Crippen LogP contribution in [0.1, 0.15) is 18.1 Å². The number of hydrogen-bond donors (Lipinski definition) is 1. The number of hydrogen-bond acceptors (Lipinski definition) is 2. The fraction of sp³-hybridized carbons (Fsp3) is 0.176. The summed E-state index contributed by atoms with van der Waals surface area (Å²) >= 11 is 0. The van der Waals surface area contributed by atoms with Crippen molar-refractivity contribution >= 4 is 22.6 Å². The van der Waals surface area contributed by atoms with Gasteiger partial charge in [0.15, 0.2) is 0 Å². The van der Waals surface area contributed by atoms with E-state index in [0.717, 1.165) is 28.0 Å². The molecule has 0 fully saturated rings. The lowest BCUT2D eigenvalue weighted by Gasteiger charge is -2.10. The SMILES string of the molecule is CC(=O)Nc1cc(C)cc(-n2cnc3cc(C)ccc32)c1.